The third-order valence-corrected chi connectivity index (χ3v) is 4.66. The van der Waals surface area contributed by atoms with Gasteiger partial charge in [0.05, 0.1) is 29.1 Å². The Bertz CT molecular complexity index is 1090. The van der Waals surface area contributed by atoms with E-state index in [1.165, 1.54) is 12.1 Å². The van der Waals surface area contributed by atoms with Gasteiger partial charge in [0, 0.05) is 11.8 Å². The van der Waals surface area contributed by atoms with Crippen molar-refractivity contribution in [1.29, 1.82) is 0 Å². The SMILES string of the molecule is Cc1ccccc1N1C(=O)c2ccc(C(=O)NCc3ccccn3)cc2C1=O. The molecule has 1 N–H and O–H groups in total. The zero-order valence-electron chi connectivity index (χ0n) is 15.2. The number of nitrogens with one attached hydrogen (secondary N) is 1. The Morgan fingerprint density at radius 2 is 1.71 bits per heavy atom. The van der Waals surface area contributed by atoms with E-state index < -0.39 is 5.91 Å². The van der Waals surface area contributed by atoms with Crippen LogP contribution in [-0.2, 0) is 6.54 Å². The number of anilines is 1. The molecule has 4 rings (SSSR count). The summed E-state index contributed by atoms with van der Waals surface area (Å²) in [6.07, 6.45) is 1.65. The average Bonchev–Trinajstić information content (AvgIpc) is 2.97. The fourth-order valence-corrected chi connectivity index (χ4v) is 3.19. The van der Waals surface area contributed by atoms with Crippen molar-refractivity contribution < 1.29 is 14.4 Å². The van der Waals surface area contributed by atoms with E-state index >= 15 is 0 Å². The van der Waals surface area contributed by atoms with E-state index in [0.29, 0.717) is 16.8 Å². The third-order valence-electron chi connectivity index (χ3n) is 4.66. The van der Waals surface area contributed by atoms with Gasteiger partial charge in [-0.2, -0.15) is 0 Å². The van der Waals surface area contributed by atoms with Crippen LogP contribution >= 0.6 is 0 Å². The van der Waals surface area contributed by atoms with Gasteiger partial charge in [0.15, 0.2) is 0 Å². The number of imide groups is 1. The van der Waals surface area contributed by atoms with Crippen LogP contribution in [0.4, 0.5) is 5.69 Å². The molecular weight excluding hydrogens is 354 g/mol. The number of aromatic nitrogens is 1. The topological polar surface area (TPSA) is 79.4 Å². The Hall–Kier alpha value is -3.80. The number of amides is 3. The average molecular weight is 371 g/mol. The fraction of sp³-hybridized carbons (Fsp3) is 0.0909. The highest BCUT2D eigenvalue weighted by Crippen LogP contribution is 2.30. The van der Waals surface area contributed by atoms with Crippen molar-refractivity contribution in [2.24, 2.45) is 0 Å². The molecule has 138 valence electrons. The van der Waals surface area contributed by atoms with Gasteiger partial charge in [0.2, 0.25) is 0 Å². The van der Waals surface area contributed by atoms with E-state index in [1.807, 2.05) is 31.2 Å². The van der Waals surface area contributed by atoms with Crippen molar-refractivity contribution in [3.8, 4) is 0 Å². The van der Waals surface area contributed by atoms with Crippen LogP contribution in [0.3, 0.4) is 0 Å². The molecule has 1 aliphatic heterocycles. The quantitative estimate of drug-likeness (QED) is 0.715. The molecule has 3 amide bonds. The molecular formula is C22H17N3O3. The molecule has 0 fully saturated rings. The summed E-state index contributed by atoms with van der Waals surface area (Å²) in [7, 11) is 0. The number of rotatable bonds is 4. The molecule has 28 heavy (non-hydrogen) atoms. The fourth-order valence-electron chi connectivity index (χ4n) is 3.19. The number of para-hydroxylation sites is 1. The van der Waals surface area contributed by atoms with Crippen molar-refractivity contribution in [2.75, 3.05) is 4.90 Å². The first kappa shape index (κ1) is 17.6. The molecule has 1 aromatic heterocycles. The molecule has 0 bridgehead atoms. The Labute approximate surface area is 161 Å². The molecule has 0 radical (unpaired) electrons. The second-order valence-corrected chi connectivity index (χ2v) is 6.50. The summed E-state index contributed by atoms with van der Waals surface area (Å²) in [5.41, 5.74) is 2.96. The molecule has 0 unspecified atom stereocenters. The van der Waals surface area contributed by atoms with Crippen molar-refractivity contribution in [2.45, 2.75) is 13.5 Å². The van der Waals surface area contributed by atoms with Crippen molar-refractivity contribution in [1.82, 2.24) is 10.3 Å². The van der Waals surface area contributed by atoms with E-state index in [-0.39, 0.29) is 23.9 Å². The molecule has 0 atom stereocenters. The summed E-state index contributed by atoms with van der Waals surface area (Å²) < 4.78 is 0. The number of nitrogens with zero attached hydrogens (tertiary/aromatic N) is 2. The predicted octanol–water partition coefficient (Wildman–Crippen LogP) is 3.12. The van der Waals surface area contributed by atoms with Crippen LogP contribution < -0.4 is 10.2 Å². The molecule has 2 heterocycles. The number of fused-ring (bicyclic) bond motifs is 1. The summed E-state index contributed by atoms with van der Waals surface area (Å²) in [6, 6.07) is 17.2. The molecule has 1 aliphatic rings. The van der Waals surface area contributed by atoms with Crippen LogP contribution in [0.2, 0.25) is 0 Å². The largest absolute Gasteiger partial charge is 0.346 e. The number of hydrogen-bond acceptors (Lipinski definition) is 4. The lowest BCUT2D eigenvalue weighted by atomic mass is 10.1. The highest BCUT2D eigenvalue weighted by atomic mass is 16.2. The van der Waals surface area contributed by atoms with Crippen molar-refractivity contribution in [3.63, 3.8) is 0 Å². The normalized spacial score (nSPS) is 12.8. The number of hydrogen-bond donors (Lipinski definition) is 1. The van der Waals surface area contributed by atoms with Gasteiger partial charge < -0.3 is 5.32 Å². The van der Waals surface area contributed by atoms with Gasteiger partial charge in [0.1, 0.15) is 0 Å². The summed E-state index contributed by atoms with van der Waals surface area (Å²) in [6.45, 7) is 2.12. The van der Waals surface area contributed by atoms with Crippen molar-refractivity contribution >= 4 is 23.4 Å². The number of aryl methyl sites for hydroxylation is 1. The minimum Gasteiger partial charge on any atom is -0.346 e. The smallest absolute Gasteiger partial charge is 0.266 e. The number of benzene rings is 2. The molecule has 0 saturated carbocycles. The number of pyridine rings is 1. The lowest BCUT2D eigenvalue weighted by Crippen LogP contribution is -2.30. The van der Waals surface area contributed by atoms with Crippen molar-refractivity contribution in [3.05, 3.63) is 94.8 Å². The van der Waals surface area contributed by atoms with Crippen LogP contribution in [0.15, 0.2) is 66.9 Å². The zero-order chi connectivity index (χ0) is 19.7. The molecule has 6 heteroatoms. The Morgan fingerprint density at radius 3 is 2.46 bits per heavy atom. The zero-order valence-corrected chi connectivity index (χ0v) is 15.2. The highest BCUT2D eigenvalue weighted by molar-refractivity contribution is 6.35. The maximum Gasteiger partial charge on any atom is 0.266 e. The van der Waals surface area contributed by atoms with Crippen LogP contribution in [-0.4, -0.2) is 22.7 Å². The lowest BCUT2D eigenvalue weighted by molar-refractivity contribution is 0.0923. The predicted molar refractivity (Wildman–Crippen MR) is 104 cm³/mol. The number of carbonyl (C=O) groups is 3. The summed E-state index contributed by atoms with van der Waals surface area (Å²) in [5.74, 6) is -1.13. The monoisotopic (exact) mass is 371 g/mol. The number of carbonyl (C=O) groups excluding carboxylic acids is 3. The van der Waals surface area contributed by atoms with Gasteiger partial charge >= 0.3 is 0 Å². The van der Waals surface area contributed by atoms with Gasteiger partial charge in [-0.1, -0.05) is 24.3 Å². The van der Waals surface area contributed by atoms with Gasteiger partial charge in [0.25, 0.3) is 17.7 Å². The Kier molecular flexibility index (Phi) is 4.45. The lowest BCUT2D eigenvalue weighted by Gasteiger charge is -2.16. The molecule has 0 aliphatic carbocycles. The van der Waals surface area contributed by atoms with E-state index in [9.17, 15) is 14.4 Å². The minimum atomic E-state index is -0.423. The maximum atomic E-state index is 12.9. The van der Waals surface area contributed by atoms with Gasteiger partial charge in [-0.15, -0.1) is 0 Å². The maximum absolute atomic E-state index is 12.9. The van der Waals surface area contributed by atoms with E-state index in [2.05, 4.69) is 10.3 Å². The first-order valence-corrected chi connectivity index (χ1v) is 8.83. The second kappa shape index (κ2) is 7.08. The second-order valence-electron chi connectivity index (χ2n) is 6.50. The van der Waals surface area contributed by atoms with Crippen LogP contribution in [0.5, 0.6) is 0 Å². The summed E-state index contributed by atoms with van der Waals surface area (Å²) in [5, 5.41) is 2.77. The molecule has 3 aromatic rings. The van der Waals surface area contributed by atoms with Crippen LogP contribution in [0.1, 0.15) is 42.3 Å². The van der Waals surface area contributed by atoms with Gasteiger partial charge in [-0.25, -0.2) is 4.90 Å². The molecule has 0 spiro atoms. The van der Waals surface area contributed by atoms with Crippen LogP contribution in [0.25, 0.3) is 0 Å². The first-order valence-electron chi connectivity index (χ1n) is 8.83. The Morgan fingerprint density at radius 1 is 0.964 bits per heavy atom. The third kappa shape index (κ3) is 3.05. The molecule has 2 aromatic carbocycles. The summed E-state index contributed by atoms with van der Waals surface area (Å²) in [4.78, 5) is 43.4. The van der Waals surface area contributed by atoms with E-state index in [1.54, 1.807) is 30.5 Å². The van der Waals surface area contributed by atoms with E-state index in [4.69, 9.17) is 0 Å². The van der Waals surface area contributed by atoms with Gasteiger partial charge in [-0.05, 0) is 48.9 Å². The minimum absolute atomic E-state index is 0.235. The van der Waals surface area contributed by atoms with Crippen LogP contribution in [0, 0.1) is 6.92 Å². The Balaban J connectivity index is 1.58. The first-order chi connectivity index (χ1) is 13.6. The molecule has 6 nitrogen and oxygen atoms in total. The van der Waals surface area contributed by atoms with Gasteiger partial charge in [-0.3, -0.25) is 19.4 Å². The highest BCUT2D eigenvalue weighted by Gasteiger charge is 2.37. The molecule has 0 saturated heterocycles. The summed E-state index contributed by atoms with van der Waals surface area (Å²) >= 11 is 0. The standard InChI is InChI=1S/C22H17N3O3/c1-14-6-2-3-8-19(14)25-21(27)17-10-9-15(12-18(17)22(25)28)20(26)24-13-16-7-4-5-11-23-16/h2-12H,13H2,1H3,(H,24,26). The van der Waals surface area contributed by atoms with E-state index in [0.717, 1.165) is 16.2 Å².